The average molecular weight is 250 g/mol. The van der Waals surface area contributed by atoms with Crippen LogP contribution in [0.3, 0.4) is 0 Å². The fraction of sp³-hybridized carbons (Fsp3) is 0.600. The Kier molecular flexibility index (Phi) is 6.76. The molecule has 18 heavy (non-hydrogen) atoms. The number of anilines is 1. The van der Waals surface area contributed by atoms with Crippen LogP contribution in [0.2, 0.25) is 0 Å². The lowest BCUT2D eigenvalue weighted by atomic mass is 10.0. The highest BCUT2D eigenvalue weighted by atomic mass is 16.5. The van der Waals surface area contributed by atoms with E-state index in [9.17, 15) is 0 Å². The van der Waals surface area contributed by atoms with Crippen molar-refractivity contribution in [3.8, 4) is 0 Å². The highest BCUT2D eigenvalue weighted by Crippen LogP contribution is 2.27. The summed E-state index contributed by atoms with van der Waals surface area (Å²) < 4.78 is 5.11. The average Bonchev–Trinajstić information content (AvgIpc) is 2.41. The van der Waals surface area contributed by atoms with E-state index in [0.29, 0.717) is 6.04 Å². The number of nitrogens with one attached hydrogen (secondary N) is 1. The molecule has 1 rings (SSSR count). The van der Waals surface area contributed by atoms with Gasteiger partial charge in [0, 0.05) is 39.0 Å². The van der Waals surface area contributed by atoms with E-state index in [2.05, 4.69) is 48.5 Å². The van der Waals surface area contributed by atoms with Gasteiger partial charge in [0.2, 0.25) is 0 Å². The molecule has 0 bridgehead atoms. The Hall–Kier alpha value is -1.06. The summed E-state index contributed by atoms with van der Waals surface area (Å²) in [4.78, 5) is 2.31. The standard InChI is InChI=1S/C15H26N2O/c1-5-14(16-2)13-9-6-7-10-15(13)17(3)11-8-12-18-4/h6-7,9-10,14,16H,5,8,11-12H2,1-4H3. The molecule has 0 fully saturated rings. The lowest BCUT2D eigenvalue weighted by molar-refractivity contribution is 0.196. The molecule has 3 nitrogen and oxygen atoms in total. The van der Waals surface area contributed by atoms with Crippen LogP contribution in [0.5, 0.6) is 0 Å². The van der Waals surface area contributed by atoms with Gasteiger partial charge in [0.25, 0.3) is 0 Å². The Balaban J connectivity index is 2.80. The number of hydrogen-bond acceptors (Lipinski definition) is 3. The molecular formula is C15H26N2O. The van der Waals surface area contributed by atoms with Crippen molar-refractivity contribution in [3.05, 3.63) is 29.8 Å². The van der Waals surface area contributed by atoms with Crippen LogP contribution in [-0.4, -0.2) is 34.4 Å². The van der Waals surface area contributed by atoms with Crippen molar-refractivity contribution in [1.82, 2.24) is 5.32 Å². The van der Waals surface area contributed by atoms with Crippen LogP contribution in [0.4, 0.5) is 5.69 Å². The van der Waals surface area contributed by atoms with Crippen molar-refractivity contribution >= 4 is 5.69 Å². The molecule has 0 aliphatic carbocycles. The molecule has 1 unspecified atom stereocenters. The molecule has 1 N–H and O–H groups in total. The summed E-state index contributed by atoms with van der Waals surface area (Å²) in [5.74, 6) is 0. The van der Waals surface area contributed by atoms with E-state index in [1.165, 1.54) is 11.3 Å². The summed E-state index contributed by atoms with van der Waals surface area (Å²) in [5.41, 5.74) is 2.69. The van der Waals surface area contributed by atoms with Crippen molar-refractivity contribution < 1.29 is 4.74 Å². The minimum Gasteiger partial charge on any atom is -0.385 e. The quantitative estimate of drug-likeness (QED) is 0.718. The first-order valence-electron chi connectivity index (χ1n) is 6.70. The van der Waals surface area contributed by atoms with Gasteiger partial charge in [0.1, 0.15) is 0 Å². The predicted molar refractivity (Wildman–Crippen MR) is 78.3 cm³/mol. The number of hydrogen-bond donors (Lipinski definition) is 1. The molecule has 3 heteroatoms. The first kappa shape index (κ1) is 15.0. The lowest BCUT2D eigenvalue weighted by Gasteiger charge is -2.26. The molecule has 0 saturated carbocycles. The summed E-state index contributed by atoms with van der Waals surface area (Å²) >= 11 is 0. The van der Waals surface area contributed by atoms with Crippen LogP contribution in [0, 0.1) is 0 Å². The fourth-order valence-electron chi connectivity index (χ4n) is 2.28. The van der Waals surface area contributed by atoms with Crippen molar-refractivity contribution in [2.45, 2.75) is 25.8 Å². The molecule has 0 saturated heterocycles. The first-order valence-corrected chi connectivity index (χ1v) is 6.70. The maximum atomic E-state index is 5.11. The van der Waals surface area contributed by atoms with Gasteiger partial charge in [-0.25, -0.2) is 0 Å². The molecule has 1 atom stereocenters. The van der Waals surface area contributed by atoms with Gasteiger partial charge < -0.3 is 15.0 Å². The van der Waals surface area contributed by atoms with Gasteiger partial charge in [0.15, 0.2) is 0 Å². The number of methoxy groups -OCH3 is 1. The number of rotatable bonds is 8. The Morgan fingerprint density at radius 3 is 2.67 bits per heavy atom. The molecule has 102 valence electrons. The Labute approximate surface area is 111 Å². The van der Waals surface area contributed by atoms with Crippen molar-refractivity contribution in [3.63, 3.8) is 0 Å². The third-order valence-corrected chi connectivity index (χ3v) is 3.32. The van der Waals surface area contributed by atoms with Gasteiger partial charge in [-0.15, -0.1) is 0 Å². The van der Waals surface area contributed by atoms with E-state index in [1.807, 2.05) is 7.05 Å². The Morgan fingerprint density at radius 1 is 1.33 bits per heavy atom. The van der Waals surface area contributed by atoms with Gasteiger partial charge in [0.05, 0.1) is 0 Å². The second-order valence-corrected chi connectivity index (χ2v) is 4.58. The monoisotopic (exact) mass is 250 g/mol. The van der Waals surface area contributed by atoms with Crippen LogP contribution in [0.25, 0.3) is 0 Å². The third kappa shape index (κ3) is 4.00. The minimum atomic E-state index is 0.422. The number of benzene rings is 1. The van der Waals surface area contributed by atoms with Crippen molar-refractivity contribution in [2.24, 2.45) is 0 Å². The summed E-state index contributed by atoms with van der Waals surface area (Å²) in [6, 6.07) is 9.05. The third-order valence-electron chi connectivity index (χ3n) is 3.32. The normalized spacial score (nSPS) is 12.4. The van der Waals surface area contributed by atoms with Crippen LogP contribution >= 0.6 is 0 Å². The van der Waals surface area contributed by atoms with E-state index >= 15 is 0 Å². The minimum absolute atomic E-state index is 0.422. The zero-order valence-electron chi connectivity index (χ0n) is 12.1. The summed E-state index contributed by atoms with van der Waals surface area (Å²) in [6.07, 6.45) is 2.15. The molecule has 1 aromatic carbocycles. The summed E-state index contributed by atoms with van der Waals surface area (Å²) in [5, 5.41) is 3.38. The molecule has 0 spiro atoms. The predicted octanol–water partition coefficient (Wildman–Crippen LogP) is 2.83. The van der Waals surface area contributed by atoms with E-state index in [0.717, 1.165) is 26.0 Å². The molecule has 0 aliphatic rings. The van der Waals surface area contributed by atoms with Gasteiger partial charge in [-0.05, 0) is 31.5 Å². The van der Waals surface area contributed by atoms with Crippen LogP contribution < -0.4 is 10.2 Å². The first-order chi connectivity index (χ1) is 8.74. The number of ether oxygens (including phenoxy) is 1. The van der Waals surface area contributed by atoms with Crippen LogP contribution in [0.1, 0.15) is 31.4 Å². The Bertz CT molecular complexity index is 337. The zero-order chi connectivity index (χ0) is 13.4. The van der Waals surface area contributed by atoms with Crippen LogP contribution in [-0.2, 0) is 4.74 Å². The van der Waals surface area contributed by atoms with E-state index in [4.69, 9.17) is 4.74 Å². The van der Waals surface area contributed by atoms with Crippen LogP contribution in [0.15, 0.2) is 24.3 Å². The molecule has 0 amide bonds. The maximum absolute atomic E-state index is 5.11. The highest BCUT2D eigenvalue weighted by Gasteiger charge is 2.13. The maximum Gasteiger partial charge on any atom is 0.0479 e. The van der Waals surface area contributed by atoms with Gasteiger partial charge in [-0.2, -0.15) is 0 Å². The Morgan fingerprint density at radius 2 is 2.06 bits per heavy atom. The second-order valence-electron chi connectivity index (χ2n) is 4.58. The molecular weight excluding hydrogens is 224 g/mol. The smallest absolute Gasteiger partial charge is 0.0479 e. The molecule has 0 radical (unpaired) electrons. The molecule has 1 aromatic rings. The topological polar surface area (TPSA) is 24.5 Å². The largest absolute Gasteiger partial charge is 0.385 e. The van der Waals surface area contributed by atoms with E-state index in [-0.39, 0.29) is 0 Å². The van der Waals surface area contributed by atoms with Crippen molar-refractivity contribution in [1.29, 1.82) is 0 Å². The van der Waals surface area contributed by atoms with E-state index < -0.39 is 0 Å². The molecule has 0 aliphatic heterocycles. The van der Waals surface area contributed by atoms with Gasteiger partial charge in [-0.1, -0.05) is 25.1 Å². The highest BCUT2D eigenvalue weighted by molar-refractivity contribution is 5.54. The molecule has 0 aromatic heterocycles. The number of para-hydroxylation sites is 1. The van der Waals surface area contributed by atoms with Crippen molar-refractivity contribution in [2.75, 3.05) is 39.3 Å². The van der Waals surface area contributed by atoms with Gasteiger partial charge >= 0.3 is 0 Å². The molecule has 0 heterocycles. The van der Waals surface area contributed by atoms with Gasteiger partial charge in [-0.3, -0.25) is 0 Å². The summed E-state index contributed by atoms with van der Waals surface area (Å²) in [7, 11) is 5.93. The lowest BCUT2D eigenvalue weighted by Crippen LogP contribution is -2.24. The fourth-order valence-corrected chi connectivity index (χ4v) is 2.28. The second kappa shape index (κ2) is 8.11. The van der Waals surface area contributed by atoms with E-state index in [1.54, 1.807) is 7.11 Å². The zero-order valence-corrected chi connectivity index (χ0v) is 12.1. The number of nitrogens with zero attached hydrogens (tertiary/aromatic N) is 1. The SMILES string of the molecule is CCC(NC)c1ccccc1N(C)CCCOC. The summed E-state index contributed by atoms with van der Waals surface area (Å²) in [6.45, 7) is 4.05.